The third-order valence-corrected chi connectivity index (χ3v) is 3.73. The number of carbonyl (C=O) groups is 1. The molecule has 0 radical (unpaired) electrons. The molecule has 2 heterocycles. The number of aromatic nitrogens is 2. The monoisotopic (exact) mass is 300 g/mol. The maximum Gasteiger partial charge on any atom is 0.349 e. The molecule has 0 fully saturated rings. The van der Waals surface area contributed by atoms with E-state index in [1.54, 1.807) is 6.92 Å². The van der Waals surface area contributed by atoms with Gasteiger partial charge in [0.2, 0.25) is 0 Å². The van der Waals surface area contributed by atoms with Crippen LogP contribution in [0.4, 0.5) is 0 Å². The number of ether oxygens (including phenoxy) is 1. The molecule has 0 N–H and O–H groups in total. The molecule has 106 valence electrons. The summed E-state index contributed by atoms with van der Waals surface area (Å²) in [6, 6.07) is 11.6. The highest BCUT2D eigenvalue weighted by Crippen LogP contribution is 2.28. The quantitative estimate of drug-likeness (QED) is 0.690. The predicted octanol–water partition coefficient (Wildman–Crippen LogP) is 3.46. The minimum Gasteiger partial charge on any atom is -0.451 e. The molecule has 3 aromatic rings. The number of esters is 1. The molecule has 0 saturated heterocycles. The Balaban J connectivity index is 1.75. The van der Waals surface area contributed by atoms with Gasteiger partial charge >= 0.3 is 5.97 Å². The Morgan fingerprint density at radius 3 is 2.81 bits per heavy atom. The number of thiophene rings is 1. The van der Waals surface area contributed by atoms with Crippen LogP contribution in [0.1, 0.15) is 21.4 Å². The molecular formula is C15H12N2O3S. The van der Waals surface area contributed by atoms with Crippen LogP contribution >= 0.6 is 11.3 Å². The molecule has 0 aliphatic rings. The van der Waals surface area contributed by atoms with Gasteiger partial charge in [0.05, 0.1) is 0 Å². The molecule has 21 heavy (non-hydrogen) atoms. The number of hydrogen-bond donors (Lipinski definition) is 0. The zero-order chi connectivity index (χ0) is 14.7. The van der Waals surface area contributed by atoms with Gasteiger partial charge in [-0.2, -0.15) is 4.98 Å². The summed E-state index contributed by atoms with van der Waals surface area (Å²) in [5, 5.41) is 5.52. The number of hydrogen-bond acceptors (Lipinski definition) is 6. The van der Waals surface area contributed by atoms with Gasteiger partial charge in [0.25, 0.3) is 5.89 Å². The molecule has 0 aliphatic heterocycles. The van der Waals surface area contributed by atoms with Crippen LogP contribution < -0.4 is 0 Å². The van der Waals surface area contributed by atoms with Crippen molar-refractivity contribution < 1.29 is 14.1 Å². The second kappa shape index (κ2) is 5.88. The average Bonchev–Trinajstić information content (AvgIpc) is 3.14. The summed E-state index contributed by atoms with van der Waals surface area (Å²) in [6.45, 7) is 1.69. The van der Waals surface area contributed by atoms with E-state index in [0.717, 1.165) is 11.1 Å². The summed E-state index contributed by atoms with van der Waals surface area (Å²) in [5.74, 6) is 0.417. The van der Waals surface area contributed by atoms with Gasteiger partial charge in [-0.15, -0.1) is 11.3 Å². The van der Waals surface area contributed by atoms with Crippen molar-refractivity contribution >= 4 is 17.3 Å². The van der Waals surface area contributed by atoms with Crippen molar-refractivity contribution in [2.75, 3.05) is 0 Å². The molecule has 0 amide bonds. The van der Waals surface area contributed by atoms with E-state index in [1.165, 1.54) is 11.3 Å². The van der Waals surface area contributed by atoms with Gasteiger partial charge in [-0.1, -0.05) is 35.5 Å². The Labute approximate surface area is 125 Å². The van der Waals surface area contributed by atoms with Gasteiger partial charge in [-0.25, -0.2) is 4.79 Å². The lowest BCUT2D eigenvalue weighted by atomic mass is 10.1. The van der Waals surface area contributed by atoms with Crippen LogP contribution in [0.2, 0.25) is 0 Å². The summed E-state index contributed by atoms with van der Waals surface area (Å²) in [7, 11) is 0. The van der Waals surface area contributed by atoms with E-state index in [0.29, 0.717) is 16.6 Å². The van der Waals surface area contributed by atoms with Crippen molar-refractivity contribution in [1.29, 1.82) is 0 Å². The SMILES string of the molecule is Cc1noc(COC(=O)c2sccc2-c2ccccc2)n1. The van der Waals surface area contributed by atoms with Crippen LogP contribution in [-0.4, -0.2) is 16.1 Å². The number of aryl methyl sites for hydroxylation is 1. The van der Waals surface area contributed by atoms with E-state index in [1.807, 2.05) is 41.8 Å². The number of nitrogens with zero attached hydrogens (tertiary/aromatic N) is 2. The first-order chi connectivity index (χ1) is 10.2. The van der Waals surface area contributed by atoms with Crippen LogP contribution in [0.15, 0.2) is 46.3 Å². The Kier molecular flexibility index (Phi) is 3.79. The van der Waals surface area contributed by atoms with E-state index in [4.69, 9.17) is 9.26 Å². The molecule has 0 unspecified atom stereocenters. The smallest absolute Gasteiger partial charge is 0.349 e. The molecular weight excluding hydrogens is 288 g/mol. The molecule has 6 heteroatoms. The van der Waals surface area contributed by atoms with E-state index in [9.17, 15) is 4.79 Å². The minimum atomic E-state index is -0.389. The molecule has 5 nitrogen and oxygen atoms in total. The van der Waals surface area contributed by atoms with E-state index in [-0.39, 0.29) is 12.6 Å². The highest BCUT2D eigenvalue weighted by molar-refractivity contribution is 7.12. The Morgan fingerprint density at radius 2 is 2.10 bits per heavy atom. The normalized spacial score (nSPS) is 10.5. The van der Waals surface area contributed by atoms with Gasteiger partial charge in [-0.05, 0) is 23.9 Å². The summed E-state index contributed by atoms with van der Waals surface area (Å²) in [6.07, 6.45) is 0. The lowest BCUT2D eigenvalue weighted by Gasteiger charge is -2.03. The lowest BCUT2D eigenvalue weighted by molar-refractivity contribution is 0.0436. The van der Waals surface area contributed by atoms with Gasteiger partial charge in [-0.3, -0.25) is 0 Å². The molecule has 0 atom stereocenters. The van der Waals surface area contributed by atoms with Crippen LogP contribution in [-0.2, 0) is 11.3 Å². The first-order valence-corrected chi connectivity index (χ1v) is 7.21. The van der Waals surface area contributed by atoms with Crippen LogP contribution in [0, 0.1) is 6.92 Å². The standard InChI is InChI=1S/C15H12N2O3S/c1-10-16-13(20-17-10)9-19-15(18)14-12(7-8-21-14)11-5-3-2-4-6-11/h2-8H,9H2,1H3. The Bertz CT molecular complexity index is 749. The highest BCUT2D eigenvalue weighted by Gasteiger charge is 2.17. The maximum absolute atomic E-state index is 12.2. The molecule has 2 aromatic heterocycles. The van der Waals surface area contributed by atoms with Crippen LogP contribution in [0.3, 0.4) is 0 Å². The fourth-order valence-corrected chi connectivity index (χ4v) is 2.71. The van der Waals surface area contributed by atoms with Crippen molar-refractivity contribution in [3.63, 3.8) is 0 Å². The van der Waals surface area contributed by atoms with Gasteiger partial charge < -0.3 is 9.26 Å². The van der Waals surface area contributed by atoms with Crippen LogP contribution in [0.5, 0.6) is 0 Å². The topological polar surface area (TPSA) is 65.2 Å². The molecule has 3 rings (SSSR count). The predicted molar refractivity (Wildman–Crippen MR) is 77.9 cm³/mol. The maximum atomic E-state index is 12.2. The average molecular weight is 300 g/mol. The van der Waals surface area contributed by atoms with Crippen LogP contribution in [0.25, 0.3) is 11.1 Å². The van der Waals surface area contributed by atoms with E-state index >= 15 is 0 Å². The summed E-state index contributed by atoms with van der Waals surface area (Å²) in [4.78, 5) is 16.7. The van der Waals surface area contributed by atoms with Crippen molar-refractivity contribution in [3.05, 3.63) is 58.4 Å². The van der Waals surface area contributed by atoms with Gasteiger partial charge in [0.15, 0.2) is 12.4 Å². The molecule has 0 bridgehead atoms. The van der Waals surface area contributed by atoms with Crippen molar-refractivity contribution in [2.45, 2.75) is 13.5 Å². The molecule has 0 saturated carbocycles. The van der Waals surface area contributed by atoms with Gasteiger partial charge in [0.1, 0.15) is 4.88 Å². The Morgan fingerprint density at radius 1 is 1.29 bits per heavy atom. The fourth-order valence-electron chi connectivity index (χ4n) is 1.90. The van der Waals surface area contributed by atoms with Crippen molar-refractivity contribution in [1.82, 2.24) is 10.1 Å². The third-order valence-electron chi connectivity index (χ3n) is 2.83. The number of carbonyl (C=O) groups excluding carboxylic acids is 1. The first kappa shape index (κ1) is 13.5. The molecule has 1 aromatic carbocycles. The number of rotatable bonds is 4. The summed E-state index contributed by atoms with van der Waals surface area (Å²) < 4.78 is 10.1. The zero-order valence-corrected chi connectivity index (χ0v) is 12.1. The highest BCUT2D eigenvalue weighted by atomic mass is 32.1. The molecule has 0 spiro atoms. The molecule has 0 aliphatic carbocycles. The largest absolute Gasteiger partial charge is 0.451 e. The van der Waals surface area contributed by atoms with Gasteiger partial charge in [0, 0.05) is 5.56 Å². The fraction of sp³-hybridized carbons (Fsp3) is 0.133. The van der Waals surface area contributed by atoms with Crippen molar-refractivity contribution in [3.8, 4) is 11.1 Å². The number of benzene rings is 1. The van der Waals surface area contributed by atoms with E-state index in [2.05, 4.69) is 10.1 Å². The minimum absolute atomic E-state index is 0.0220. The second-order valence-electron chi connectivity index (χ2n) is 4.34. The lowest BCUT2D eigenvalue weighted by Crippen LogP contribution is -2.04. The van der Waals surface area contributed by atoms with E-state index < -0.39 is 0 Å². The Hall–Kier alpha value is -2.47. The first-order valence-electron chi connectivity index (χ1n) is 6.33. The summed E-state index contributed by atoms with van der Waals surface area (Å²) >= 11 is 1.35. The summed E-state index contributed by atoms with van der Waals surface area (Å²) in [5.41, 5.74) is 1.85. The second-order valence-corrected chi connectivity index (χ2v) is 5.26. The zero-order valence-electron chi connectivity index (χ0n) is 11.3. The third kappa shape index (κ3) is 3.00. The van der Waals surface area contributed by atoms with Crippen molar-refractivity contribution in [2.24, 2.45) is 0 Å².